The maximum Gasteiger partial charge on any atom is 0.0349 e. The van der Waals surface area contributed by atoms with Gasteiger partial charge in [0.2, 0.25) is 0 Å². The van der Waals surface area contributed by atoms with Crippen molar-refractivity contribution in [3.8, 4) is 20.9 Å². The molecule has 0 radical (unpaired) electrons. The summed E-state index contributed by atoms with van der Waals surface area (Å²) in [4.78, 5) is 2.62. The van der Waals surface area contributed by atoms with Crippen LogP contribution in [-0.4, -0.2) is 0 Å². The van der Waals surface area contributed by atoms with Crippen molar-refractivity contribution in [1.82, 2.24) is 0 Å². The molecule has 0 saturated heterocycles. The Kier molecular flexibility index (Phi) is 4.89. The van der Waals surface area contributed by atoms with Crippen molar-refractivity contribution in [2.75, 3.05) is 0 Å². The van der Waals surface area contributed by atoms with E-state index in [9.17, 15) is 0 Å². The number of benzene rings is 2. The average molecular weight is 316 g/mol. The molecule has 0 spiro atoms. The summed E-state index contributed by atoms with van der Waals surface area (Å²) in [5.41, 5.74) is 5.09. The molecule has 0 nitrogen and oxygen atoms in total. The number of hydrogen-bond donors (Lipinski definition) is 0. The largest absolute Gasteiger partial charge is 0.135 e. The fourth-order valence-corrected chi connectivity index (χ4v) is 3.45. The van der Waals surface area contributed by atoms with Gasteiger partial charge < -0.3 is 0 Å². The highest BCUT2D eigenvalue weighted by atomic mass is 32.1. The second kappa shape index (κ2) is 7.26. The number of thiophene rings is 1. The summed E-state index contributed by atoms with van der Waals surface area (Å²) in [5, 5.41) is 0. The molecule has 0 unspecified atom stereocenters. The second-order valence-electron chi connectivity index (χ2n) is 5.54. The molecule has 1 heterocycles. The molecule has 0 bridgehead atoms. The Balaban J connectivity index is 1.88. The van der Waals surface area contributed by atoms with Crippen LogP contribution in [0.25, 0.3) is 27.0 Å². The van der Waals surface area contributed by atoms with Crippen molar-refractivity contribution >= 4 is 17.4 Å². The van der Waals surface area contributed by atoms with Crippen molar-refractivity contribution in [2.45, 2.75) is 13.8 Å². The highest BCUT2D eigenvalue weighted by Crippen LogP contribution is 2.34. The van der Waals surface area contributed by atoms with E-state index in [1.54, 1.807) is 0 Å². The molecule has 0 N–H and O–H groups in total. The molecule has 2 aromatic carbocycles. The second-order valence-corrected chi connectivity index (χ2v) is 6.62. The quantitative estimate of drug-likeness (QED) is 0.455. The molecule has 3 rings (SSSR count). The van der Waals surface area contributed by atoms with Gasteiger partial charge in [0.15, 0.2) is 0 Å². The summed E-state index contributed by atoms with van der Waals surface area (Å²) in [5.74, 6) is 0. The molecule has 0 saturated carbocycles. The van der Waals surface area contributed by atoms with Crippen LogP contribution in [-0.2, 0) is 0 Å². The Hall–Kier alpha value is -2.38. The minimum atomic E-state index is 1.23. The standard InChI is InChI=1S/C22H20S/c1-3-4-5-7-18-8-6-9-20(16-18)22-15-14-21(23-22)19-12-10-17(2)11-13-19/h3-16H,1-2H3/b4-3-,7-5-. The van der Waals surface area contributed by atoms with Gasteiger partial charge in [0.05, 0.1) is 0 Å². The summed E-state index contributed by atoms with van der Waals surface area (Å²) < 4.78 is 0. The molecule has 0 atom stereocenters. The first-order valence-corrected chi connectivity index (χ1v) is 8.64. The van der Waals surface area contributed by atoms with Crippen molar-refractivity contribution < 1.29 is 0 Å². The number of aryl methyl sites for hydroxylation is 1. The van der Waals surface area contributed by atoms with Crippen molar-refractivity contribution in [3.05, 3.63) is 90.0 Å². The molecule has 0 amide bonds. The van der Waals surface area contributed by atoms with Crippen LogP contribution in [0, 0.1) is 6.92 Å². The van der Waals surface area contributed by atoms with Crippen LogP contribution in [0.4, 0.5) is 0 Å². The zero-order valence-electron chi connectivity index (χ0n) is 13.5. The van der Waals surface area contributed by atoms with E-state index in [0.717, 1.165) is 0 Å². The average Bonchev–Trinajstić information content (AvgIpc) is 3.06. The van der Waals surface area contributed by atoms with Crippen LogP contribution in [0.2, 0.25) is 0 Å². The first-order valence-electron chi connectivity index (χ1n) is 7.83. The zero-order valence-corrected chi connectivity index (χ0v) is 14.3. The van der Waals surface area contributed by atoms with E-state index in [2.05, 4.69) is 79.7 Å². The highest BCUT2D eigenvalue weighted by molar-refractivity contribution is 7.18. The van der Waals surface area contributed by atoms with Crippen molar-refractivity contribution in [3.63, 3.8) is 0 Å². The lowest BCUT2D eigenvalue weighted by Gasteiger charge is -2.00. The molecule has 23 heavy (non-hydrogen) atoms. The monoisotopic (exact) mass is 316 g/mol. The molecule has 1 aromatic heterocycles. The van der Waals surface area contributed by atoms with E-state index in [1.165, 1.54) is 32.0 Å². The third-order valence-corrected chi connectivity index (χ3v) is 4.89. The predicted molar refractivity (Wildman–Crippen MR) is 104 cm³/mol. The fraction of sp³-hybridized carbons (Fsp3) is 0.0909. The Bertz CT molecular complexity index is 832. The highest BCUT2D eigenvalue weighted by Gasteiger charge is 2.05. The molecule has 0 aliphatic carbocycles. The maximum atomic E-state index is 2.24. The predicted octanol–water partition coefficient (Wildman–Crippen LogP) is 6.98. The van der Waals surface area contributed by atoms with E-state index in [0.29, 0.717) is 0 Å². The third-order valence-electron chi connectivity index (χ3n) is 3.71. The molecule has 114 valence electrons. The van der Waals surface area contributed by atoms with Crippen LogP contribution in [0.3, 0.4) is 0 Å². The third kappa shape index (κ3) is 3.88. The van der Waals surface area contributed by atoms with E-state index in [4.69, 9.17) is 0 Å². The first-order chi connectivity index (χ1) is 11.3. The Morgan fingerprint density at radius 1 is 0.783 bits per heavy atom. The summed E-state index contributed by atoms with van der Waals surface area (Å²) >= 11 is 1.84. The van der Waals surface area contributed by atoms with Gasteiger partial charge in [0.25, 0.3) is 0 Å². The summed E-state index contributed by atoms with van der Waals surface area (Å²) in [6.45, 7) is 4.15. The Morgan fingerprint density at radius 2 is 1.52 bits per heavy atom. The topological polar surface area (TPSA) is 0 Å². The lowest BCUT2D eigenvalue weighted by Crippen LogP contribution is -1.75. The zero-order chi connectivity index (χ0) is 16.1. The lowest BCUT2D eigenvalue weighted by molar-refractivity contribution is 1.48. The van der Waals surface area contributed by atoms with E-state index in [-0.39, 0.29) is 0 Å². The minimum Gasteiger partial charge on any atom is -0.135 e. The van der Waals surface area contributed by atoms with Gasteiger partial charge in [-0.15, -0.1) is 11.3 Å². The molecule has 1 heteroatoms. The van der Waals surface area contributed by atoms with Gasteiger partial charge in [-0.3, -0.25) is 0 Å². The van der Waals surface area contributed by atoms with E-state index >= 15 is 0 Å². The molecule has 0 aliphatic rings. The molecule has 0 fully saturated rings. The molecule has 3 aromatic rings. The van der Waals surface area contributed by atoms with Crippen LogP contribution >= 0.6 is 11.3 Å². The van der Waals surface area contributed by atoms with Crippen LogP contribution < -0.4 is 0 Å². The van der Waals surface area contributed by atoms with Gasteiger partial charge in [-0.2, -0.15) is 0 Å². The van der Waals surface area contributed by atoms with Gasteiger partial charge >= 0.3 is 0 Å². The SMILES string of the molecule is C/C=C\C=C/c1cccc(-c2ccc(-c3ccc(C)cc3)s2)c1. The Morgan fingerprint density at radius 3 is 2.26 bits per heavy atom. The molecular weight excluding hydrogens is 296 g/mol. The van der Waals surface area contributed by atoms with Gasteiger partial charge in [0, 0.05) is 9.75 Å². The summed E-state index contributed by atoms with van der Waals surface area (Å²) in [7, 11) is 0. The normalized spacial score (nSPS) is 11.6. The smallest absolute Gasteiger partial charge is 0.0349 e. The van der Waals surface area contributed by atoms with Gasteiger partial charge in [-0.1, -0.05) is 72.3 Å². The lowest BCUT2D eigenvalue weighted by atomic mass is 10.1. The van der Waals surface area contributed by atoms with Crippen LogP contribution in [0.1, 0.15) is 18.1 Å². The first kappa shape index (κ1) is 15.5. The van der Waals surface area contributed by atoms with Gasteiger partial charge in [-0.05, 0) is 48.7 Å². The number of rotatable bonds is 4. The van der Waals surface area contributed by atoms with Gasteiger partial charge in [0.1, 0.15) is 0 Å². The summed E-state index contributed by atoms with van der Waals surface area (Å²) in [6.07, 6.45) is 8.30. The number of hydrogen-bond acceptors (Lipinski definition) is 1. The van der Waals surface area contributed by atoms with Crippen LogP contribution in [0.15, 0.2) is 78.9 Å². The maximum absolute atomic E-state index is 2.24. The Labute approximate surface area is 142 Å². The number of allylic oxidation sites excluding steroid dienone is 3. The van der Waals surface area contributed by atoms with E-state index in [1.807, 2.05) is 30.4 Å². The summed E-state index contributed by atoms with van der Waals surface area (Å²) in [6, 6.07) is 21.8. The minimum absolute atomic E-state index is 1.23. The van der Waals surface area contributed by atoms with Gasteiger partial charge in [-0.25, -0.2) is 0 Å². The van der Waals surface area contributed by atoms with Crippen molar-refractivity contribution in [2.24, 2.45) is 0 Å². The van der Waals surface area contributed by atoms with Crippen LogP contribution in [0.5, 0.6) is 0 Å². The molecule has 0 aliphatic heterocycles. The molecular formula is C22H20S. The van der Waals surface area contributed by atoms with E-state index < -0.39 is 0 Å². The van der Waals surface area contributed by atoms with Crippen molar-refractivity contribution in [1.29, 1.82) is 0 Å². The fourth-order valence-electron chi connectivity index (χ4n) is 2.44.